The lowest BCUT2D eigenvalue weighted by Crippen LogP contribution is -2.52. The molecule has 0 saturated heterocycles. The fourth-order valence-electron chi connectivity index (χ4n) is 3.04. The van der Waals surface area contributed by atoms with Gasteiger partial charge in [0.25, 0.3) is 0 Å². The first-order valence-electron chi connectivity index (χ1n) is 8.48. The highest BCUT2D eigenvalue weighted by atomic mass is 35.5. The summed E-state index contributed by atoms with van der Waals surface area (Å²) in [7, 11) is 0. The van der Waals surface area contributed by atoms with Crippen LogP contribution >= 0.6 is 11.6 Å². The standard InChI is InChI=1S/C20H26ClN3O/c1-19(2,3)13-7-10-18(25)17(11-13)24-22-15-9-8-14(21)12-16(15)23(24)20(4,5)6/h7-12,22,25H,1-6H3. The molecule has 0 radical (unpaired) electrons. The molecule has 0 fully saturated rings. The van der Waals surface area contributed by atoms with E-state index in [4.69, 9.17) is 11.6 Å². The minimum atomic E-state index is -0.215. The molecule has 25 heavy (non-hydrogen) atoms. The first-order valence-corrected chi connectivity index (χ1v) is 8.86. The number of halogens is 1. The van der Waals surface area contributed by atoms with E-state index in [0.29, 0.717) is 5.02 Å². The van der Waals surface area contributed by atoms with Crippen LogP contribution in [0, 0.1) is 0 Å². The molecule has 1 aliphatic rings. The van der Waals surface area contributed by atoms with Gasteiger partial charge in [-0.15, -0.1) is 0 Å². The van der Waals surface area contributed by atoms with Crippen molar-refractivity contribution in [2.24, 2.45) is 0 Å². The first-order chi connectivity index (χ1) is 11.5. The summed E-state index contributed by atoms with van der Waals surface area (Å²) in [5, 5.41) is 15.3. The van der Waals surface area contributed by atoms with Crippen LogP contribution in [0.25, 0.3) is 0 Å². The Morgan fingerprint density at radius 2 is 1.60 bits per heavy atom. The topological polar surface area (TPSA) is 38.7 Å². The Labute approximate surface area is 155 Å². The molecule has 4 nitrogen and oxygen atoms in total. The van der Waals surface area contributed by atoms with Crippen molar-refractivity contribution in [1.82, 2.24) is 0 Å². The Balaban J connectivity index is 2.14. The number of phenolic OH excluding ortho intramolecular Hbond substituents is 1. The minimum absolute atomic E-state index is 0.00903. The van der Waals surface area contributed by atoms with E-state index in [2.05, 4.69) is 52.0 Å². The third-order valence-corrected chi connectivity index (χ3v) is 4.55. The van der Waals surface area contributed by atoms with E-state index in [0.717, 1.165) is 22.6 Å². The molecule has 1 heterocycles. The second-order valence-electron chi connectivity index (χ2n) is 8.52. The number of nitrogens with zero attached hydrogens (tertiary/aromatic N) is 2. The van der Waals surface area contributed by atoms with Crippen LogP contribution in [0.3, 0.4) is 0 Å². The molecule has 2 aromatic carbocycles. The molecule has 0 aromatic heterocycles. The van der Waals surface area contributed by atoms with Crippen molar-refractivity contribution in [3.63, 3.8) is 0 Å². The zero-order chi connectivity index (χ0) is 18.6. The Morgan fingerprint density at radius 3 is 2.20 bits per heavy atom. The highest BCUT2D eigenvalue weighted by molar-refractivity contribution is 6.31. The Kier molecular flexibility index (Phi) is 4.07. The quantitative estimate of drug-likeness (QED) is 0.684. The van der Waals surface area contributed by atoms with Gasteiger partial charge >= 0.3 is 0 Å². The van der Waals surface area contributed by atoms with Gasteiger partial charge in [-0.3, -0.25) is 10.4 Å². The predicted molar refractivity (Wildman–Crippen MR) is 107 cm³/mol. The monoisotopic (exact) mass is 359 g/mol. The van der Waals surface area contributed by atoms with Crippen molar-refractivity contribution in [1.29, 1.82) is 0 Å². The summed E-state index contributed by atoms with van der Waals surface area (Å²) in [6.07, 6.45) is 0. The first kappa shape index (κ1) is 17.7. The van der Waals surface area contributed by atoms with Gasteiger partial charge in [0.05, 0.1) is 16.9 Å². The van der Waals surface area contributed by atoms with Crippen LogP contribution in [0.1, 0.15) is 47.1 Å². The number of benzene rings is 2. The van der Waals surface area contributed by atoms with E-state index in [1.807, 2.05) is 35.4 Å². The number of fused-ring (bicyclic) bond motifs is 1. The van der Waals surface area contributed by atoms with Crippen molar-refractivity contribution in [3.05, 3.63) is 47.0 Å². The highest BCUT2D eigenvalue weighted by Gasteiger charge is 2.37. The third-order valence-electron chi connectivity index (χ3n) is 4.32. The van der Waals surface area contributed by atoms with E-state index in [-0.39, 0.29) is 16.7 Å². The SMILES string of the molecule is CC(C)(C)c1ccc(O)c(N2Nc3ccc(Cl)cc3N2C(C)(C)C)c1. The zero-order valence-electron chi connectivity index (χ0n) is 15.7. The zero-order valence-corrected chi connectivity index (χ0v) is 16.4. The molecule has 134 valence electrons. The third kappa shape index (κ3) is 3.23. The van der Waals surface area contributed by atoms with Crippen LogP contribution in [0.15, 0.2) is 36.4 Å². The maximum Gasteiger partial charge on any atom is 0.142 e. The van der Waals surface area contributed by atoms with Gasteiger partial charge in [0.1, 0.15) is 11.4 Å². The van der Waals surface area contributed by atoms with Crippen LogP contribution in [-0.4, -0.2) is 10.6 Å². The Morgan fingerprint density at radius 1 is 0.920 bits per heavy atom. The van der Waals surface area contributed by atoms with Crippen LogP contribution in [0.4, 0.5) is 17.1 Å². The molecular weight excluding hydrogens is 334 g/mol. The van der Waals surface area contributed by atoms with Crippen LogP contribution < -0.4 is 15.6 Å². The van der Waals surface area contributed by atoms with Crippen molar-refractivity contribution in [2.75, 3.05) is 15.6 Å². The van der Waals surface area contributed by atoms with Crippen molar-refractivity contribution >= 4 is 28.7 Å². The Bertz CT molecular complexity index is 806. The molecule has 5 heteroatoms. The lowest BCUT2D eigenvalue weighted by Gasteiger charge is -2.41. The summed E-state index contributed by atoms with van der Waals surface area (Å²) in [6.45, 7) is 12.9. The maximum atomic E-state index is 10.5. The molecular formula is C20H26ClN3O. The lowest BCUT2D eigenvalue weighted by molar-refractivity contribution is 0.464. The van der Waals surface area contributed by atoms with Gasteiger partial charge in [0.2, 0.25) is 0 Å². The lowest BCUT2D eigenvalue weighted by atomic mass is 9.87. The van der Waals surface area contributed by atoms with E-state index < -0.39 is 0 Å². The predicted octanol–water partition coefficient (Wildman–Crippen LogP) is 5.71. The number of hydrogen-bond donors (Lipinski definition) is 2. The normalized spacial score (nSPS) is 14.5. The summed E-state index contributed by atoms with van der Waals surface area (Å²) in [6, 6.07) is 11.5. The van der Waals surface area contributed by atoms with Gasteiger partial charge in [-0.1, -0.05) is 38.4 Å². The fourth-order valence-corrected chi connectivity index (χ4v) is 3.20. The molecule has 0 aliphatic carbocycles. The van der Waals surface area contributed by atoms with Crippen LogP contribution in [0.5, 0.6) is 5.75 Å². The van der Waals surface area contributed by atoms with Gasteiger partial charge in [0.15, 0.2) is 0 Å². The van der Waals surface area contributed by atoms with Gasteiger partial charge in [-0.25, -0.2) is 0 Å². The summed E-state index contributed by atoms with van der Waals surface area (Å²) in [5.74, 6) is 0.230. The van der Waals surface area contributed by atoms with Crippen molar-refractivity contribution in [2.45, 2.75) is 52.5 Å². The molecule has 0 spiro atoms. The van der Waals surface area contributed by atoms with E-state index in [1.165, 1.54) is 0 Å². The highest BCUT2D eigenvalue weighted by Crippen LogP contribution is 2.44. The number of hydrazine groups is 2. The van der Waals surface area contributed by atoms with Crippen molar-refractivity contribution < 1.29 is 5.11 Å². The molecule has 2 N–H and O–H groups in total. The number of phenols is 1. The molecule has 0 unspecified atom stereocenters. The molecule has 1 aliphatic heterocycles. The molecule has 0 atom stereocenters. The van der Waals surface area contributed by atoms with Crippen LogP contribution in [-0.2, 0) is 5.41 Å². The van der Waals surface area contributed by atoms with Gasteiger partial charge in [-0.05, 0) is 62.1 Å². The maximum absolute atomic E-state index is 10.5. The summed E-state index contributed by atoms with van der Waals surface area (Å²) in [5.41, 5.74) is 6.99. The summed E-state index contributed by atoms with van der Waals surface area (Å²) in [4.78, 5) is 0. The summed E-state index contributed by atoms with van der Waals surface area (Å²) < 4.78 is 0. The van der Waals surface area contributed by atoms with Crippen LogP contribution in [0.2, 0.25) is 5.02 Å². The molecule has 2 aromatic rings. The number of anilines is 3. The second-order valence-corrected chi connectivity index (χ2v) is 8.96. The summed E-state index contributed by atoms with van der Waals surface area (Å²) >= 11 is 6.23. The van der Waals surface area contributed by atoms with Gasteiger partial charge < -0.3 is 5.11 Å². The van der Waals surface area contributed by atoms with Gasteiger partial charge in [-0.2, -0.15) is 5.12 Å². The fraction of sp³-hybridized carbons (Fsp3) is 0.400. The molecule has 0 amide bonds. The average Bonchev–Trinajstić information content (AvgIpc) is 2.84. The number of hydrogen-bond acceptors (Lipinski definition) is 4. The van der Waals surface area contributed by atoms with Crippen molar-refractivity contribution in [3.8, 4) is 5.75 Å². The average molecular weight is 360 g/mol. The van der Waals surface area contributed by atoms with E-state index in [1.54, 1.807) is 6.07 Å². The number of rotatable bonds is 1. The largest absolute Gasteiger partial charge is 0.506 e. The molecule has 0 bridgehead atoms. The Hall–Kier alpha value is -2.07. The number of nitrogens with one attached hydrogen (secondary N) is 1. The van der Waals surface area contributed by atoms with Gasteiger partial charge in [0, 0.05) is 5.02 Å². The molecule has 0 saturated carbocycles. The van der Waals surface area contributed by atoms with E-state index >= 15 is 0 Å². The smallest absolute Gasteiger partial charge is 0.142 e. The second kappa shape index (κ2) is 5.73. The molecule has 3 rings (SSSR count). The van der Waals surface area contributed by atoms with E-state index in [9.17, 15) is 5.11 Å². The minimum Gasteiger partial charge on any atom is -0.506 e. The number of aromatic hydroxyl groups is 1.